The van der Waals surface area contributed by atoms with Crippen LogP contribution in [0.5, 0.6) is 5.75 Å². The third kappa shape index (κ3) is 4.31. The smallest absolute Gasteiger partial charge is 0.259 e. The van der Waals surface area contributed by atoms with Crippen LogP contribution in [-0.4, -0.2) is 16.8 Å². The van der Waals surface area contributed by atoms with Gasteiger partial charge in [-0.25, -0.2) is 0 Å². The van der Waals surface area contributed by atoms with Crippen molar-refractivity contribution in [2.75, 3.05) is 0 Å². The van der Waals surface area contributed by atoms with Crippen molar-refractivity contribution in [2.24, 2.45) is 0 Å². The Morgan fingerprint density at radius 1 is 1.09 bits per heavy atom. The Balaban J connectivity index is 1.58. The summed E-state index contributed by atoms with van der Waals surface area (Å²) in [5.41, 5.74) is 2.11. The van der Waals surface area contributed by atoms with Crippen molar-refractivity contribution in [1.29, 1.82) is 0 Å². The lowest BCUT2D eigenvalue weighted by molar-refractivity contribution is 0.0963. The molecule has 0 aliphatic carbocycles. The van der Waals surface area contributed by atoms with Gasteiger partial charge in [0.05, 0.1) is 10.5 Å². The number of rotatable bonds is 5. The van der Waals surface area contributed by atoms with Crippen LogP contribution in [0.15, 0.2) is 92.7 Å². The predicted molar refractivity (Wildman–Crippen MR) is 126 cm³/mol. The van der Waals surface area contributed by atoms with Crippen LogP contribution in [0.25, 0.3) is 17.4 Å². The van der Waals surface area contributed by atoms with Crippen LogP contribution in [-0.2, 0) is 0 Å². The lowest BCUT2D eigenvalue weighted by Gasteiger charge is -2.09. The van der Waals surface area contributed by atoms with Crippen molar-refractivity contribution in [1.82, 2.24) is 5.32 Å². The van der Waals surface area contributed by atoms with E-state index < -0.39 is 5.91 Å². The topological polar surface area (TPSA) is 79.5 Å². The highest BCUT2D eigenvalue weighted by Gasteiger charge is 2.25. The number of hydrogen-bond acceptors (Lipinski definition) is 5. The van der Waals surface area contributed by atoms with Crippen molar-refractivity contribution in [3.8, 4) is 17.1 Å². The average molecular weight is 444 g/mol. The number of aromatic hydroxyl groups is 1. The molecule has 5 nitrogen and oxygen atoms in total. The molecule has 2 N–H and O–H groups in total. The molecule has 1 aromatic heterocycles. The maximum Gasteiger partial charge on any atom is 0.259 e. The summed E-state index contributed by atoms with van der Waals surface area (Å²) in [5, 5.41) is 13.0. The molecule has 1 aliphatic rings. The summed E-state index contributed by atoms with van der Waals surface area (Å²) in [5.74, 6) is 0.496. The van der Waals surface area contributed by atoms with Crippen LogP contribution in [0, 0.1) is 0 Å². The number of amides is 1. The van der Waals surface area contributed by atoms with Crippen LogP contribution in [0.3, 0.4) is 0 Å². The summed E-state index contributed by atoms with van der Waals surface area (Å²) in [7, 11) is 0. The van der Waals surface area contributed by atoms with E-state index >= 15 is 0 Å². The maximum atomic E-state index is 12.6. The van der Waals surface area contributed by atoms with E-state index in [0.717, 1.165) is 4.90 Å². The van der Waals surface area contributed by atoms with E-state index in [9.17, 15) is 14.7 Å². The van der Waals surface area contributed by atoms with Gasteiger partial charge in [-0.2, -0.15) is 0 Å². The van der Waals surface area contributed by atoms with E-state index in [4.69, 9.17) is 4.42 Å². The van der Waals surface area contributed by atoms with E-state index in [0.29, 0.717) is 33.2 Å². The van der Waals surface area contributed by atoms with E-state index in [1.807, 2.05) is 44.2 Å². The molecular weight excluding hydrogens is 422 g/mol. The quantitative estimate of drug-likeness (QED) is 0.363. The zero-order valence-electron chi connectivity index (χ0n) is 17.6. The minimum atomic E-state index is -0.421. The normalized spacial score (nSPS) is 14.9. The van der Waals surface area contributed by atoms with Gasteiger partial charge in [-0.3, -0.25) is 9.59 Å². The Hall–Kier alpha value is -3.77. The van der Waals surface area contributed by atoms with Crippen LogP contribution in [0.1, 0.15) is 40.3 Å². The van der Waals surface area contributed by atoms with Gasteiger partial charge in [-0.05, 0) is 68.5 Å². The fourth-order valence-electron chi connectivity index (χ4n) is 3.31. The van der Waals surface area contributed by atoms with Crippen molar-refractivity contribution >= 4 is 29.5 Å². The van der Waals surface area contributed by atoms with Gasteiger partial charge in [0.2, 0.25) is 5.78 Å². The van der Waals surface area contributed by atoms with E-state index in [1.165, 1.54) is 17.8 Å². The molecular formula is C26H21NO4S. The summed E-state index contributed by atoms with van der Waals surface area (Å²) < 4.78 is 5.92. The Bertz CT molecular complexity index is 1300. The number of allylic oxidation sites excluding steroid dienone is 4. The number of carbonyl (C=O) groups excluding carboxylic acids is 2. The number of benzene rings is 2. The first-order chi connectivity index (χ1) is 15.5. The third-order valence-corrected chi connectivity index (χ3v) is 6.02. The molecule has 0 saturated carbocycles. The van der Waals surface area contributed by atoms with Gasteiger partial charge in [0.25, 0.3) is 5.91 Å². The molecule has 2 aromatic carbocycles. The second-order valence-corrected chi connectivity index (χ2v) is 8.15. The SMILES string of the molecule is C/C=C\C(=C/C)NC(=O)c1cc(-c2ccc(/C=C3\Sc4ccccc4C3=O)o2)ccc1O. The number of hydrogen-bond donors (Lipinski definition) is 2. The molecule has 0 atom stereocenters. The number of phenols is 1. The van der Waals surface area contributed by atoms with Crippen LogP contribution in [0.2, 0.25) is 0 Å². The molecule has 1 aliphatic heterocycles. The van der Waals surface area contributed by atoms with E-state index in [-0.39, 0.29) is 17.1 Å². The van der Waals surface area contributed by atoms with Crippen molar-refractivity contribution in [2.45, 2.75) is 18.7 Å². The largest absolute Gasteiger partial charge is 0.507 e. The number of fused-ring (bicyclic) bond motifs is 1. The molecule has 160 valence electrons. The molecule has 0 radical (unpaired) electrons. The number of furan rings is 1. The first-order valence-corrected chi connectivity index (χ1v) is 10.9. The molecule has 6 heteroatoms. The minimum Gasteiger partial charge on any atom is -0.507 e. The second kappa shape index (κ2) is 9.16. The summed E-state index contributed by atoms with van der Waals surface area (Å²) in [4.78, 5) is 26.8. The van der Waals surface area contributed by atoms with Crippen LogP contribution in [0.4, 0.5) is 0 Å². The fraction of sp³-hybridized carbons (Fsp3) is 0.0769. The molecule has 0 fully saturated rings. The van der Waals surface area contributed by atoms with Crippen molar-refractivity contribution in [3.05, 3.63) is 100 Å². The predicted octanol–water partition coefficient (Wildman–Crippen LogP) is 6.19. The number of phenolic OH excluding ortho intramolecular Hbond substituents is 1. The highest BCUT2D eigenvalue weighted by molar-refractivity contribution is 8.04. The number of ketones is 1. The molecule has 3 aromatic rings. The first kappa shape index (κ1) is 21.5. The van der Waals surface area contributed by atoms with Crippen molar-refractivity contribution < 1.29 is 19.1 Å². The van der Waals surface area contributed by atoms with Gasteiger partial charge < -0.3 is 14.8 Å². The van der Waals surface area contributed by atoms with E-state index in [1.54, 1.807) is 42.5 Å². The molecule has 0 spiro atoms. The fourth-order valence-corrected chi connectivity index (χ4v) is 4.34. The highest BCUT2D eigenvalue weighted by Crippen LogP contribution is 2.41. The van der Waals surface area contributed by atoms with Crippen LogP contribution >= 0.6 is 11.8 Å². The standard InChI is InChI=1S/C26H21NO4S/c1-3-7-17(4-2)27-26(30)20-14-16(10-12-21(20)28)22-13-11-18(31-22)15-24-25(29)19-8-5-6-9-23(19)32-24/h3-15,28H,1-2H3,(H,27,30)/b7-3-,17-4+,24-15-. The molecule has 4 rings (SSSR count). The van der Waals surface area contributed by atoms with Gasteiger partial charge >= 0.3 is 0 Å². The minimum absolute atomic E-state index is 0.0203. The number of carbonyl (C=O) groups is 2. The van der Waals surface area contributed by atoms with Gasteiger partial charge in [-0.15, -0.1) is 0 Å². The van der Waals surface area contributed by atoms with Crippen molar-refractivity contribution in [3.63, 3.8) is 0 Å². The lowest BCUT2D eigenvalue weighted by Crippen LogP contribution is -2.21. The average Bonchev–Trinajstić information content (AvgIpc) is 3.39. The lowest BCUT2D eigenvalue weighted by atomic mass is 10.1. The molecule has 0 saturated heterocycles. The Morgan fingerprint density at radius 3 is 2.66 bits per heavy atom. The Labute approximate surface area is 190 Å². The third-order valence-electron chi connectivity index (χ3n) is 4.92. The number of nitrogens with one attached hydrogen (secondary N) is 1. The molecule has 0 bridgehead atoms. The Morgan fingerprint density at radius 2 is 1.91 bits per heavy atom. The van der Waals surface area contributed by atoms with Crippen LogP contribution < -0.4 is 5.32 Å². The first-order valence-electron chi connectivity index (χ1n) is 10.1. The number of thioether (sulfide) groups is 1. The van der Waals surface area contributed by atoms with Gasteiger partial charge in [0.1, 0.15) is 17.3 Å². The molecule has 2 heterocycles. The summed E-state index contributed by atoms with van der Waals surface area (Å²) in [6.45, 7) is 3.67. The molecule has 0 unspecified atom stereocenters. The summed E-state index contributed by atoms with van der Waals surface area (Å²) in [6, 6.07) is 15.8. The summed E-state index contributed by atoms with van der Waals surface area (Å²) >= 11 is 1.42. The zero-order chi connectivity index (χ0) is 22.7. The van der Waals surface area contributed by atoms with Gasteiger partial charge in [0.15, 0.2) is 0 Å². The summed E-state index contributed by atoms with van der Waals surface area (Å²) in [6.07, 6.45) is 7.08. The second-order valence-electron chi connectivity index (χ2n) is 7.07. The van der Waals surface area contributed by atoms with E-state index in [2.05, 4.69) is 5.32 Å². The number of Topliss-reactive ketones (excluding diaryl/α,β-unsaturated/α-hetero) is 1. The maximum absolute atomic E-state index is 12.6. The highest BCUT2D eigenvalue weighted by atomic mass is 32.2. The zero-order valence-corrected chi connectivity index (χ0v) is 18.4. The van der Waals surface area contributed by atoms with Gasteiger partial charge in [0, 0.05) is 21.7 Å². The molecule has 32 heavy (non-hydrogen) atoms. The molecule has 1 amide bonds. The van der Waals surface area contributed by atoms with Gasteiger partial charge in [-0.1, -0.05) is 36.0 Å². The Kier molecular flexibility index (Phi) is 6.14. The monoisotopic (exact) mass is 443 g/mol.